The molecule has 0 saturated carbocycles. The number of hydrogen-bond donors (Lipinski definition) is 2. The number of primary amides is 1. The summed E-state index contributed by atoms with van der Waals surface area (Å²) in [6.45, 7) is -0.363. The Morgan fingerprint density at radius 1 is 1.21 bits per heavy atom. The van der Waals surface area contributed by atoms with Gasteiger partial charge in [-0.1, -0.05) is 29.8 Å². The van der Waals surface area contributed by atoms with Gasteiger partial charge < -0.3 is 10.5 Å². The van der Waals surface area contributed by atoms with E-state index in [4.69, 9.17) is 34.3 Å². The van der Waals surface area contributed by atoms with Gasteiger partial charge in [0.05, 0.1) is 5.69 Å². The Balaban J connectivity index is 2.02. The molecule has 0 aromatic heterocycles. The van der Waals surface area contributed by atoms with Crippen molar-refractivity contribution in [2.24, 2.45) is 5.73 Å². The van der Waals surface area contributed by atoms with Crippen molar-refractivity contribution in [3.8, 4) is 5.75 Å². The minimum Gasteiger partial charge on any atom is -0.483 e. The van der Waals surface area contributed by atoms with Gasteiger partial charge in [0.15, 0.2) is 11.7 Å². The Labute approximate surface area is 170 Å². The van der Waals surface area contributed by atoms with Crippen molar-refractivity contribution in [3.63, 3.8) is 0 Å². The summed E-state index contributed by atoms with van der Waals surface area (Å²) in [4.78, 5) is 37.6. The number of para-hydroxylation sites is 1. The first-order chi connectivity index (χ1) is 13.4. The molecule has 0 aliphatic carbocycles. The Bertz CT molecular complexity index is 1010. The molecule has 1 saturated heterocycles. The largest absolute Gasteiger partial charge is 0.483 e. The number of halogens is 1. The first-order valence-corrected chi connectivity index (χ1v) is 8.82. The van der Waals surface area contributed by atoms with Gasteiger partial charge in [-0.25, -0.2) is 0 Å². The minimum absolute atomic E-state index is 0.0188. The number of carbonyl (C=O) groups is 3. The maximum Gasteiger partial charge on any atom is 0.270 e. The Hall–Kier alpha value is -3.23. The monoisotopic (exact) mass is 415 g/mol. The van der Waals surface area contributed by atoms with Gasteiger partial charge >= 0.3 is 0 Å². The summed E-state index contributed by atoms with van der Waals surface area (Å²) in [5.41, 5.74) is 5.79. The van der Waals surface area contributed by atoms with E-state index < -0.39 is 17.7 Å². The van der Waals surface area contributed by atoms with E-state index >= 15 is 0 Å². The fourth-order valence-electron chi connectivity index (χ4n) is 2.54. The molecule has 1 aliphatic rings. The van der Waals surface area contributed by atoms with Crippen molar-refractivity contribution in [2.45, 2.75) is 0 Å². The number of amides is 3. The van der Waals surface area contributed by atoms with Crippen LogP contribution >= 0.6 is 23.8 Å². The third-order valence-corrected chi connectivity index (χ3v) is 4.28. The highest BCUT2D eigenvalue weighted by molar-refractivity contribution is 7.80. The van der Waals surface area contributed by atoms with E-state index in [2.05, 4.69) is 5.32 Å². The van der Waals surface area contributed by atoms with Gasteiger partial charge in [0.2, 0.25) is 0 Å². The van der Waals surface area contributed by atoms with Crippen LogP contribution in [0.2, 0.25) is 5.02 Å². The molecule has 9 heteroatoms. The maximum atomic E-state index is 13.0. The van der Waals surface area contributed by atoms with E-state index in [9.17, 15) is 14.4 Å². The van der Waals surface area contributed by atoms with Gasteiger partial charge in [-0.05, 0) is 48.6 Å². The lowest BCUT2D eigenvalue weighted by Crippen LogP contribution is -2.54. The van der Waals surface area contributed by atoms with Gasteiger partial charge in [0, 0.05) is 10.6 Å². The molecule has 0 radical (unpaired) electrons. The van der Waals surface area contributed by atoms with Crippen LogP contribution in [0, 0.1) is 0 Å². The number of nitrogens with two attached hydrogens (primary N) is 1. The van der Waals surface area contributed by atoms with Gasteiger partial charge in [0.1, 0.15) is 11.3 Å². The van der Waals surface area contributed by atoms with Gasteiger partial charge in [-0.3, -0.25) is 24.6 Å². The summed E-state index contributed by atoms with van der Waals surface area (Å²) in [6.07, 6.45) is 1.33. The molecule has 142 valence electrons. The van der Waals surface area contributed by atoms with Gasteiger partial charge in [0.25, 0.3) is 17.7 Å². The molecule has 0 bridgehead atoms. The highest BCUT2D eigenvalue weighted by Crippen LogP contribution is 2.27. The molecule has 2 aromatic rings. The molecule has 0 spiro atoms. The third-order valence-electron chi connectivity index (χ3n) is 3.76. The number of benzene rings is 2. The van der Waals surface area contributed by atoms with E-state index in [1.54, 1.807) is 36.4 Å². The van der Waals surface area contributed by atoms with Crippen LogP contribution in [-0.4, -0.2) is 29.4 Å². The summed E-state index contributed by atoms with van der Waals surface area (Å²) < 4.78 is 5.34. The number of thiocarbonyl (C=S) groups is 1. The number of rotatable bonds is 5. The maximum absolute atomic E-state index is 13.0. The Morgan fingerprint density at radius 2 is 1.93 bits per heavy atom. The SMILES string of the molecule is NC(=O)COc1ccc(Cl)cc1/C=C1/C(=O)NC(=S)N(c2ccccc2)C1=O. The zero-order valence-electron chi connectivity index (χ0n) is 14.3. The topological polar surface area (TPSA) is 102 Å². The Morgan fingerprint density at radius 3 is 2.61 bits per heavy atom. The highest BCUT2D eigenvalue weighted by atomic mass is 35.5. The molecular formula is C19H14ClN3O4S. The van der Waals surface area contributed by atoms with Crippen molar-refractivity contribution in [1.82, 2.24) is 5.32 Å². The van der Waals surface area contributed by atoms with E-state index in [-0.39, 0.29) is 23.0 Å². The predicted octanol–water partition coefficient (Wildman–Crippen LogP) is 2.04. The van der Waals surface area contributed by atoms with Crippen molar-refractivity contribution in [3.05, 3.63) is 64.7 Å². The lowest BCUT2D eigenvalue weighted by atomic mass is 10.1. The number of nitrogens with one attached hydrogen (secondary N) is 1. The molecule has 0 unspecified atom stereocenters. The van der Waals surface area contributed by atoms with Crippen LogP contribution in [0.3, 0.4) is 0 Å². The summed E-state index contributed by atoms with van der Waals surface area (Å²) >= 11 is 11.2. The lowest BCUT2D eigenvalue weighted by Gasteiger charge is -2.29. The quantitative estimate of drug-likeness (QED) is 0.442. The van der Waals surface area contributed by atoms with Crippen LogP contribution in [0.25, 0.3) is 6.08 Å². The van der Waals surface area contributed by atoms with Gasteiger partial charge in [-0.15, -0.1) is 0 Å². The van der Waals surface area contributed by atoms with Crippen LogP contribution in [0.4, 0.5) is 5.69 Å². The second-order valence-electron chi connectivity index (χ2n) is 5.73. The molecule has 1 fully saturated rings. The standard InChI is InChI=1S/C19H14ClN3O4S/c20-12-6-7-15(27-10-16(21)24)11(8-12)9-14-17(25)22-19(28)23(18(14)26)13-4-2-1-3-5-13/h1-9H,10H2,(H2,21,24)(H,22,25,28)/b14-9-. The molecule has 3 N–H and O–H groups in total. The fraction of sp³-hybridized carbons (Fsp3) is 0.0526. The summed E-state index contributed by atoms with van der Waals surface area (Å²) in [5, 5.41) is 2.83. The molecular weight excluding hydrogens is 402 g/mol. The van der Waals surface area contributed by atoms with Crippen LogP contribution in [-0.2, 0) is 14.4 Å². The van der Waals surface area contributed by atoms with E-state index in [1.807, 2.05) is 0 Å². The molecule has 7 nitrogen and oxygen atoms in total. The lowest BCUT2D eigenvalue weighted by molar-refractivity contribution is -0.122. The second kappa shape index (κ2) is 8.20. The normalized spacial score (nSPS) is 15.5. The molecule has 2 aromatic carbocycles. The zero-order valence-corrected chi connectivity index (χ0v) is 15.9. The van der Waals surface area contributed by atoms with Crippen LogP contribution in [0.1, 0.15) is 5.56 Å². The highest BCUT2D eigenvalue weighted by Gasteiger charge is 2.34. The van der Waals surface area contributed by atoms with E-state index in [0.29, 0.717) is 16.3 Å². The van der Waals surface area contributed by atoms with E-state index in [1.165, 1.54) is 23.1 Å². The zero-order chi connectivity index (χ0) is 20.3. The first kappa shape index (κ1) is 19.5. The molecule has 3 amide bonds. The average molecular weight is 416 g/mol. The van der Waals surface area contributed by atoms with Crippen LogP contribution in [0.5, 0.6) is 5.75 Å². The van der Waals surface area contributed by atoms with Crippen molar-refractivity contribution in [2.75, 3.05) is 11.5 Å². The van der Waals surface area contributed by atoms with Crippen molar-refractivity contribution in [1.29, 1.82) is 0 Å². The average Bonchev–Trinajstić information content (AvgIpc) is 2.65. The minimum atomic E-state index is -0.666. The first-order valence-electron chi connectivity index (χ1n) is 8.04. The summed E-state index contributed by atoms with van der Waals surface area (Å²) in [7, 11) is 0. The molecule has 1 heterocycles. The third kappa shape index (κ3) is 4.19. The summed E-state index contributed by atoms with van der Waals surface area (Å²) in [6, 6.07) is 13.3. The molecule has 1 aliphatic heterocycles. The number of hydrogen-bond acceptors (Lipinski definition) is 5. The van der Waals surface area contributed by atoms with Crippen LogP contribution < -0.4 is 20.7 Å². The van der Waals surface area contributed by atoms with Gasteiger partial charge in [-0.2, -0.15) is 0 Å². The molecule has 0 atom stereocenters. The molecule has 3 rings (SSSR count). The fourth-order valence-corrected chi connectivity index (χ4v) is 3.00. The van der Waals surface area contributed by atoms with Crippen LogP contribution in [0.15, 0.2) is 54.1 Å². The smallest absolute Gasteiger partial charge is 0.270 e. The number of anilines is 1. The summed E-state index contributed by atoms with van der Waals surface area (Å²) in [5.74, 6) is -1.67. The second-order valence-corrected chi connectivity index (χ2v) is 6.55. The number of carbonyl (C=O) groups excluding carboxylic acids is 3. The van der Waals surface area contributed by atoms with E-state index in [0.717, 1.165) is 0 Å². The Kier molecular flexibility index (Phi) is 5.72. The number of nitrogens with zero attached hydrogens (tertiary/aromatic N) is 1. The van der Waals surface area contributed by atoms with Crippen molar-refractivity contribution < 1.29 is 19.1 Å². The van der Waals surface area contributed by atoms with Crippen molar-refractivity contribution >= 4 is 58.4 Å². The predicted molar refractivity (Wildman–Crippen MR) is 109 cm³/mol. The number of ether oxygens (including phenoxy) is 1. The molecule has 28 heavy (non-hydrogen) atoms.